The summed E-state index contributed by atoms with van der Waals surface area (Å²) in [7, 11) is 0. The van der Waals surface area contributed by atoms with Crippen molar-refractivity contribution in [3.05, 3.63) is 35.9 Å². The lowest BCUT2D eigenvalue weighted by Crippen LogP contribution is -2.47. The number of halogens is 3. The fourth-order valence-electron chi connectivity index (χ4n) is 1.16. The Hall–Kier alpha value is -0.480. The summed E-state index contributed by atoms with van der Waals surface area (Å²) in [5.74, 6) is -0.567. The molecule has 1 aromatic rings. The van der Waals surface area contributed by atoms with Crippen molar-refractivity contribution in [1.29, 1.82) is 0 Å². The van der Waals surface area contributed by atoms with E-state index in [0.717, 1.165) is 5.56 Å². The first-order valence-corrected chi connectivity index (χ1v) is 6.20. The molecule has 0 aromatic heterocycles. The van der Waals surface area contributed by atoms with Crippen LogP contribution in [0.2, 0.25) is 0 Å². The van der Waals surface area contributed by atoms with Gasteiger partial charge in [-0.2, -0.15) is 0 Å². The zero-order chi connectivity index (χ0) is 12.9. The van der Waals surface area contributed by atoms with E-state index in [2.05, 4.69) is 5.32 Å². The molecule has 0 radical (unpaired) electrons. The number of carbonyl (C=O) groups excluding carboxylic acids is 1. The maximum absolute atomic E-state index is 11.6. The lowest BCUT2D eigenvalue weighted by molar-refractivity contribution is -0.123. The van der Waals surface area contributed by atoms with Gasteiger partial charge in [-0.1, -0.05) is 53.5 Å². The molecule has 17 heavy (non-hydrogen) atoms. The molecule has 1 amide bonds. The highest BCUT2D eigenvalue weighted by Crippen LogP contribution is 2.25. The van der Waals surface area contributed by atoms with E-state index in [1.165, 1.54) is 0 Å². The molecule has 1 unspecified atom stereocenters. The third kappa shape index (κ3) is 4.72. The molecule has 6 heteroatoms. The number of hydrogen-bond acceptors (Lipinski definition) is 2. The largest absolute Gasteiger partial charge is 0.370 e. The maximum atomic E-state index is 11.6. The molecule has 1 atom stereocenters. The second-order valence-electron chi connectivity index (χ2n) is 3.53. The monoisotopic (exact) mass is 295 g/mol. The van der Waals surface area contributed by atoms with Gasteiger partial charge in [-0.3, -0.25) is 4.79 Å². The van der Waals surface area contributed by atoms with Crippen LogP contribution in [-0.4, -0.2) is 27.5 Å². The summed E-state index contributed by atoms with van der Waals surface area (Å²) in [6.45, 7) is 0. The van der Waals surface area contributed by atoms with Crippen LogP contribution in [0.25, 0.3) is 0 Å². The van der Waals surface area contributed by atoms with Crippen molar-refractivity contribution in [3.63, 3.8) is 0 Å². The van der Waals surface area contributed by atoms with Gasteiger partial charge >= 0.3 is 0 Å². The van der Waals surface area contributed by atoms with Crippen molar-refractivity contribution >= 4 is 40.7 Å². The third-order valence-corrected chi connectivity index (χ3v) is 3.46. The van der Waals surface area contributed by atoms with E-state index in [9.17, 15) is 9.90 Å². The Morgan fingerprint density at radius 3 is 2.47 bits per heavy atom. The van der Waals surface area contributed by atoms with E-state index in [0.29, 0.717) is 0 Å². The summed E-state index contributed by atoms with van der Waals surface area (Å²) in [6.07, 6.45) is -1.26. The predicted octanol–water partition coefficient (Wildman–Crippen LogP) is 2.08. The van der Waals surface area contributed by atoms with Crippen molar-refractivity contribution in [2.24, 2.45) is 0 Å². The molecular weight excluding hydrogens is 284 g/mol. The number of amides is 1. The fourth-order valence-corrected chi connectivity index (χ4v) is 1.42. The van der Waals surface area contributed by atoms with Crippen LogP contribution in [0.15, 0.2) is 30.3 Å². The van der Waals surface area contributed by atoms with E-state index >= 15 is 0 Å². The molecule has 0 bridgehead atoms. The van der Waals surface area contributed by atoms with Gasteiger partial charge in [0.1, 0.15) is 0 Å². The molecule has 0 aliphatic carbocycles. The minimum absolute atomic E-state index is 0.143. The van der Waals surface area contributed by atoms with E-state index in [4.69, 9.17) is 34.8 Å². The summed E-state index contributed by atoms with van der Waals surface area (Å²) >= 11 is 16.8. The number of rotatable bonds is 5. The lowest BCUT2D eigenvalue weighted by atomic mass is 10.1. The second kappa shape index (κ2) is 6.45. The fraction of sp³-hybridized carbons (Fsp3) is 0.364. The van der Waals surface area contributed by atoms with Gasteiger partial charge in [0.05, 0.1) is 12.3 Å². The highest BCUT2D eigenvalue weighted by molar-refractivity contribution is 6.52. The highest BCUT2D eigenvalue weighted by atomic mass is 35.5. The average molecular weight is 297 g/mol. The molecule has 2 N–H and O–H groups in total. The predicted molar refractivity (Wildman–Crippen MR) is 69.5 cm³/mol. The molecule has 1 rings (SSSR count). The Bertz CT molecular complexity index is 370. The summed E-state index contributed by atoms with van der Waals surface area (Å²) in [4.78, 5) is 11.6. The van der Waals surface area contributed by atoms with Gasteiger partial charge in [-0.15, -0.1) is 11.6 Å². The average Bonchev–Trinajstić information content (AvgIpc) is 2.30. The smallest absolute Gasteiger partial charge is 0.226 e. The highest BCUT2D eigenvalue weighted by Gasteiger charge is 2.33. The van der Waals surface area contributed by atoms with Crippen molar-refractivity contribution < 1.29 is 9.90 Å². The van der Waals surface area contributed by atoms with Gasteiger partial charge in [0.15, 0.2) is 10.6 Å². The van der Waals surface area contributed by atoms with E-state index in [1.807, 2.05) is 30.3 Å². The Morgan fingerprint density at radius 1 is 1.35 bits per heavy atom. The van der Waals surface area contributed by atoms with Gasteiger partial charge in [-0.25, -0.2) is 0 Å². The molecular formula is C11H12Cl3NO2. The molecule has 0 aliphatic rings. The Kier molecular flexibility index (Phi) is 5.53. The summed E-state index contributed by atoms with van der Waals surface area (Å²) < 4.78 is -1.59. The zero-order valence-electron chi connectivity index (χ0n) is 8.87. The molecule has 0 spiro atoms. The Labute approximate surface area is 115 Å². The first-order chi connectivity index (χ1) is 7.95. The van der Waals surface area contributed by atoms with Gasteiger partial charge < -0.3 is 10.4 Å². The minimum Gasteiger partial charge on any atom is -0.370 e. The molecule has 94 valence electrons. The Balaban J connectivity index is 2.51. The van der Waals surface area contributed by atoms with Gasteiger partial charge in [0.25, 0.3) is 0 Å². The van der Waals surface area contributed by atoms with Crippen molar-refractivity contribution in [3.8, 4) is 0 Å². The van der Waals surface area contributed by atoms with Crippen molar-refractivity contribution in [2.75, 3.05) is 5.88 Å². The standard InChI is InChI=1S/C11H12Cl3NO2/c12-7-11(13,14)10(17)15-9(16)6-8-4-2-1-3-5-8/h1-5,10,17H,6-7H2,(H,15,16). The van der Waals surface area contributed by atoms with Crippen molar-refractivity contribution in [2.45, 2.75) is 17.0 Å². The molecule has 3 nitrogen and oxygen atoms in total. The van der Waals surface area contributed by atoms with Gasteiger partial charge in [-0.05, 0) is 5.56 Å². The van der Waals surface area contributed by atoms with Crippen molar-refractivity contribution in [1.82, 2.24) is 5.32 Å². The van der Waals surface area contributed by atoms with Crippen LogP contribution in [-0.2, 0) is 11.2 Å². The summed E-state index contributed by atoms with van der Waals surface area (Å²) in [5.41, 5.74) is 0.831. The molecule has 0 heterocycles. The van der Waals surface area contributed by atoms with Gasteiger partial charge in [0, 0.05) is 0 Å². The zero-order valence-corrected chi connectivity index (χ0v) is 11.1. The summed E-state index contributed by atoms with van der Waals surface area (Å²) in [6, 6.07) is 9.12. The van der Waals surface area contributed by atoms with E-state index in [-0.39, 0.29) is 18.2 Å². The normalized spacial score (nSPS) is 13.2. The van der Waals surface area contributed by atoms with Crippen LogP contribution >= 0.6 is 34.8 Å². The van der Waals surface area contributed by atoms with Gasteiger partial charge in [0.2, 0.25) is 5.91 Å². The summed E-state index contributed by atoms with van der Waals surface area (Å²) in [5, 5.41) is 11.8. The SMILES string of the molecule is O=C(Cc1ccccc1)NC(O)C(Cl)(Cl)CCl. The number of aliphatic hydroxyl groups excluding tert-OH is 1. The first kappa shape index (κ1) is 14.6. The molecule has 0 aliphatic heterocycles. The molecule has 1 aromatic carbocycles. The number of alkyl halides is 3. The maximum Gasteiger partial charge on any atom is 0.226 e. The number of carbonyl (C=O) groups is 1. The third-order valence-electron chi connectivity index (χ3n) is 2.08. The van der Waals surface area contributed by atoms with Crippen LogP contribution in [0.3, 0.4) is 0 Å². The topological polar surface area (TPSA) is 49.3 Å². The quantitative estimate of drug-likeness (QED) is 0.645. The van der Waals surface area contributed by atoms with Crippen LogP contribution in [0.5, 0.6) is 0 Å². The second-order valence-corrected chi connectivity index (χ2v) is 5.34. The molecule has 0 saturated heterocycles. The van der Waals surface area contributed by atoms with Crippen LogP contribution in [0, 0.1) is 0 Å². The molecule has 0 fully saturated rings. The first-order valence-electron chi connectivity index (χ1n) is 4.91. The van der Waals surface area contributed by atoms with Crippen LogP contribution < -0.4 is 5.32 Å². The number of aliphatic hydroxyl groups is 1. The molecule has 0 saturated carbocycles. The Morgan fingerprint density at radius 2 is 1.94 bits per heavy atom. The van der Waals surface area contributed by atoms with E-state index in [1.54, 1.807) is 0 Å². The number of nitrogens with one attached hydrogen (secondary N) is 1. The minimum atomic E-state index is -1.59. The number of hydrogen-bond donors (Lipinski definition) is 2. The van der Waals surface area contributed by atoms with E-state index < -0.39 is 10.6 Å². The van der Waals surface area contributed by atoms with Crippen LogP contribution in [0.1, 0.15) is 5.56 Å². The number of benzene rings is 1. The van der Waals surface area contributed by atoms with Crippen LogP contribution in [0.4, 0.5) is 0 Å². The lowest BCUT2D eigenvalue weighted by Gasteiger charge is -2.24.